The Hall–Kier alpha value is -1.16. The molecule has 0 aromatic carbocycles. The van der Waals surface area contributed by atoms with Gasteiger partial charge in [0.15, 0.2) is 5.03 Å². The van der Waals surface area contributed by atoms with E-state index >= 15 is 0 Å². The van der Waals surface area contributed by atoms with Gasteiger partial charge in [-0.2, -0.15) is 8.42 Å². The highest BCUT2D eigenvalue weighted by Gasteiger charge is 2.19. The first-order chi connectivity index (χ1) is 7.82. The lowest BCUT2D eigenvalue weighted by Gasteiger charge is -2.07. The van der Waals surface area contributed by atoms with Crippen LogP contribution >= 0.6 is 11.8 Å². The predicted octanol–water partition coefficient (Wildman–Crippen LogP) is -0.168. The third-order valence-corrected chi connectivity index (χ3v) is 3.83. The molecule has 0 saturated heterocycles. The normalized spacial score (nSPS) is 13.3. The maximum atomic E-state index is 11.0. The van der Waals surface area contributed by atoms with E-state index in [1.54, 1.807) is 0 Å². The van der Waals surface area contributed by atoms with Crippen molar-refractivity contribution in [2.75, 3.05) is 5.75 Å². The molecule has 0 aliphatic carbocycles. The van der Waals surface area contributed by atoms with E-state index in [2.05, 4.69) is 4.98 Å². The zero-order chi connectivity index (χ0) is 13.1. The van der Waals surface area contributed by atoms with Crippen molar-refractivity contribution in [2.45, 2.75) is 16.0 Å². The number of nitrogens with two attached hydrogens (primary N) is 1. The molecule has 0 radical (unpaired) electrons. The van der Waals surface area contributed by atoms with E-state index in [1.165, 1.54) is 18.3 Å². The molecule has 0 amide bonds. The van der Waals surface area contributed by atoms with Crippen molar-refractivity contribution in [1.82, 2.24) is 4.98 Å². The number of nitrogens with zero attached hydrogens (tertiary/aromatic N) is 1. The molecule has 1 atom stereocenters. The van der Waals surface area contributed by atoms with Gasteiger partial charge in [-0.25, -0.2) is 4.98 Å². The summed E-state index contributed by atoms with van der Waals surface area (Å²) in [6.45, 7) is 0. The van der Waals surface area contributed by atoms with Crippen LogP contribution in [0.15, 0.2) is 28.3 Å². The topological polar surface area (TPSA) is 131 Å². The molecule has 9 heteroatoms. The lowest BCUT2D eigenvalue weighted by Crippen LogP contribution is -2.32. The van der Waals surface area contributed by atoms with Gasteiger partial charge in [-0.3, -0.25) is 9.35 Å². The highest BCUT2D eigenvalue weighted by molar-refractivity contribution is 8.00. The SMILES string of the molecule is NC(CSc1cccnc1S(=O)(=O)O)C(=O)O. The van der Waals surface area contributed by atoms with Gasteiger partial charge < -0.3 is 10.8 Å². The first kappa shape index (κ1) is 13.9. The molecule has 0 fully saturated rings. The quantitative estimate of drug-likeness (QED) is 0.500. The predicted molar refractivity (Wildman–Crippen MR) is 60.4 cm³/mol. The van der Waals surface area contributed by atoms with Gasteiger partial charge in [0.25, 0.3) is 0 Å². The third-order valence-electron chi connectivity index (χ3n) is 1.72. The van der Waals surface area contributed by atoms with Crippen molar-refractivity contribution in [3.63, 3.8) is 0 Å². The summed E-state index contributed by atoms with van der Waals surface area (Å²) in [4.78, 5) is 14.2. The lowest BCUT2D eigenvalue weighted by molar-refractivity contribution is -0.137. The monoisotopic (exact) mass is 278 g/mol. The third kappa shape index (κ3) is 3.97. The maximum absolute atomic E-state index is 11.0. The Morgan fingerprint density at radius 1 is 1.59 bits per heavy atom. The second-order valence-corrected chi connectivity index (χ2v) is 5.44. The van der Waals surface area contributed by atoms with Gasteiger partial charge in [-0.1, -0.05) is 0 Å². The van der Waals surface area contributed by atoms with Crippen LogP contribution in [0.3, 0.4) is 0 Å². The van der Waals surface area contributed by atoms with Crippen LogP contribution in [0.25, 0.3) is 0 Å². The van der Waals surface area contributed by atoms with Crippen LogP contribution < -0.4 is 5.73 Å². The minimum absolute atomic E-state index is 0.0243. The smallest absolute Gasteiger partial charge is 0.321 e. The van der Waals surface area contributed by atoms with Crippen molar-refractivity contribution in [2.24, 2.45) is 5.73 Å². The first-order valence-corrected chi connectivity index (χ1v) is 6.78. The molecule has 1 aromatic rings. The number of thioether (sulfide) groups is 1. The molecule has 1 heterocycles. The van der Waals surface area contributed by atoms with Crippen LogP contribution in [0.2, 0.25) is 0 Å². The number of hydrogen-bond donors (Lipinski definition) is 3. The summed E-state index contributed by atoms with van der Waals surface area (Å²) in [5.74, 6) is -1.21. The molecule has 1 rings (SSSR count). The van der Waals surface area contributed by atoms with Crippen LogP contribution in [0.5, 0.6) is 0 Å². The Morgan fingerprint density at radius 3 is 2.76 bits per heavy atom. The molecule has 0 spiro atoms. The largest absolute Gasteiger partial charge is 0.480 e. The number of carboxylic acid groups (broad SMARTS) is 1. The molecule has 0 aliphatic rings. The van der Waals surface area contributed by atoms with Crippen molar-refractivity contribution < 1.29 is 22.9 Å². The number of aromatic nitrogens is 1. The Morgan fingerprint density at radius 2 is 2.24 bits per heavy atom. The van der Waals surface area contributed by atoms with E-state index in [0.717, 1.165) is 11.8 Å². The Balaban J connectivity index is 2.89. The number of hydrogen-bond acceptors (Lipinski definition) is 6. The van der Waals surface area contributed by atoms with Crippen molar-refractivity contribution in [3.8, 4) is 0 Å². The Labute approximate surface area is 102 Å². The molecule has 1 unspecified atom stereocenters. The van der Waals surface area contributed by atoms with Crippen LogP contribution in [0.4, 0.5) is 0 Å². The number of rotatable bonds is 5. The zero-order valence-corrected chi connectivity index (χ0v) is 10.1. The average Bonchev–Trinajstić information content (AvgIpc) is 2.24. The molecular formula is C8H10N2O5S2. The van der Waals surface area contributed by atoms with Crippen molar-refractivity contribution >= 4 is 27.8 Å². The Bertz CT molecular complexity index is 516. The molecule has 94 valence electrons. The second kappa shape index (κ2) is 5.45. The summed E-state index contributed by atoms with van der Waals surface area (Å²) in [6.07, 6.45) is 1.21. The summed E-state index contributed by atoms with van der Waals surface area (Å²) < 4.78 is 30.8. The highest BCUT2D eigenvalue weighted by Crippen LogP contribution is 2.24. The molecule has 0 saturated carbocycles. The fourth-order valence-electron chi connectivity index (χ4n) is 0.930. The first-order valence-electron chi connectivity index (χ1n) is 4.36. The highest BCUT2D eigenvalue weighted by atomic mass is 32.2. The van der Waals surface area contributed by atoms with Gasteiger partial charge in [-0.15, -0.1) is 11.8 Å². The van der Waals surface area contributed by atoms with Crippen LogP contribution in [-0.4, -0.2) is 40.8 Å². The van der Waals surface area contributed by atoms with E-state index in [-0.39, 0.29) is 10.6 Å². The van der Waals surface area contributed by atoms with E-state index in [9.17, 15) is 13.2 Å². The number of carboxylic acids is 1. The zero-order valence-electron chi connectivity index (χ0n) is 8.48. The fourth-order valence-corrected chi connectivity index (χ4v) is 2.79. The number of aliphatic carboxylic acids is 1. The Kier molecular flexibility index (Phi) is 4.46. The summed E-state index contributed by atoms with van der Waals surface area (Å²) >= 11 is 0.903. The minimum atomic E-state index is -4.42. The molecular weight excluding hydrogens is 268 g/mol. The van der Waals surface area contributed by atoms with E-state index < -0.39 is 27.2 Å². The van der Waals surface area contributed by atoms with Crippen molar-refractivity contribution in [3.05, 3.63) is 18.3 Å². The van der Waals surface area contributed by atoms with Crippen LogP contribution in [0, 0.1) is 0 Å². The van der Waals surface area contributed by atoms with Crippen LogP contribution in [-0.2, 0) is 14.9 Å². The van der Waals surface area contributed by atoms with Gasteiger partial charge in [-0.05, 0) is 12.1 Å². The molecule has 0 bridgehead atoms. The average molecular weight is 278 g/mol. The summed E-state index contributed by atoms with van der Waals surface area (Å²) in [6, 6.07) is 1.77. The molecule has 4 N–H and O–H groups in total. The van der Waals surface area contributed by atoms with Gasteiger partial charge in [0.1, 0.15) is 6.04 Å². The van der Waals surface area contributed by atoms with Gasteiger partial charge in [0.2, 0.25) is 0 Å². The van der Waals surface area contributed by atoms with Gasteiger partial charge in [0, 0.05) is 16.8 Å². The van der Waals surface area contributed by atoms with Gasteiger partial charge in [0.05, 0.1) is 0 Å². The summed E-state index contributed by atoms with van der Waals surface area (Å²) in [7, 11) is -4.42. The molecule has 17 heavy (non-hydrogen) atoms. The standard InChI is InChI=1S/C8H10N2O5S2/c9-5(8(11)12)4-16-6-2-1-3-10-7(6)17(13,14)15/h1-3,5H,4,9H2,(H,11,12)(H,13,14,15). The van der Waals surface area contributed by atoms with Gasteiger partial charge >= 0.3 is 16.1 Å². The molecule has 0 aliphatic heterocycles. The second-order valence-electron chi connectivity index (χ2n) is 3.04. The molecule has 1 aromatic heterocycles. The summed E-state index contributed by atoms with van der Waals surface area (Å²) in [5, 5.41) is 8.07. The minimum Gasteiger partial charge on any atom is -0.480 e. The van der Waals surface area contributed by atoms with Crippen LogP contribution in [0.1, 0.15) is 0 Å². The maximum Gasteiger partial charge on any atom is 0.321 e. The van der Waals surface area contributed by atoms with E-state index in [1.807, 2.05) is 0 Å². The van der Waals surface area contributed by atoms with E-state index in [0.29, 0.717) is 0 Å². The van der Waals surface area contributed by atoms with E-state index in [4.69, 9.17) is 15.4 Å². The summed E-state index contributed by atoms with van der Waals surface area (Å²) in [5.41, 5.74) is 5.27. The molecule has 7 nitrogen and oxygen atoms in total. The fraction of sp³-hybridized carbons (Fsp3) is 0.250. The number of carbonyl (C=O) groups is 1. The van der Waals surface area contributed by atoms with Crippen molar-refractivity contribution in [1.29, 1.82) is 0 Å². The lowest BCUT2D eigenvalue weighted by atomic mass is 10.4. The number of pyridine rings is 1.